The van der Waals surface area contributed by atoms with Crippen LogP contribution in [-0.4, -0.2) is 21.2 Å². The Hall–Kier alpha value is -3.80. The molecule has 1 aromatic heterocycles. The number of rotatable bonds is 4. The van der Waals surface area contributed by atoms with Crippen molar-refractivity contribution in [3.63, 3.8) is 0 Å². The topological polar surface area (TPSA) is 76.2 Å². The molecule has 0 saturated heterocycles. The van der Waals surface area contributed by atoms with Gasteiger partial charge in [0, 0.05) is 11.1 Å². The smallest absolute Gasteiger partial charge is 0.335 e. The molecule has 4 rings (SSSR count). The van der Waals surface area contributed by atoms with Gasteiger partial charge in [-0.2, -0.15) is 4.98 Å². The molecular weight excluding hydrogens is 347 g/mol. The van der Waals surface area contributed by atoms with E-state index in [4.69, 9.17) is 9.63 Å². The molecule has 0 spiro atoms. The minimum absolute atomic E-state index is 0.246. The minimum atomic E-state index is -0.953. The van der Waals surface area contributed by atoms with Crippen LogP contribution in [0.2, 0.25) is 0 Å². The van der Waals surface area contributed by atoms with E-state index in [0.717, 1.165) is 16.7 Å². The molecule has 0 aliphatic carbocycles. The summed E-state index contributed by atoms with van der Waals surface area (Å²) >= 11 is 0. The van der Waals surface area contributed by atoms with Crippen LogP contribution in [0.25, 0.3) is 34.0 Å². The molecule has 4 aromatic rings. The Morgan fingerprint density at radius 3 is 1.89 bits per heavy atom. The molecule has 3 aromatic carbocycles. The van der Waals surface area contributed by atoms with Crippen LogP contribution in [0.3, 0.4) is 0 Å². The van der Waals surface area contributed by atoms with Crippen LogP contribution in [-0.2, 0) is 0 Å². The van der Waals surface area contributed by atoms with Gasteiger partial charge in [-0.15, -0.1) is 0 Å². The number of nitrogens with zero attached hydrogens (tertiary/aromatic N) is 2. The fourth-order valence-electron chi connectivity index (χ4n) is 2.67. The van der Waals surface area contributed by atoms with Gasteiger partial charge in [0.05, 0.1) is 5.56 Å². The van der Waals surface area contributed by atoms with Gasteiger partial charge in [-0.1, -0.05) is 41.6 Å². The predicted octanol–water partition coefficient (Wildman–Crippen LogP) is 4.91. The van der Waals surface area contributed by atoms with Crippen LogP contribution in [0.15, 0.2) is 77.3 Å². The third-order valence-electron chi connectivity index (χ3n) is 4.13. The second-order valence-corrected chi connectivity index (χ2v) is 5.89. The first-order valence-electron chi connectivity index (χ1n) is 8.14. The van der Waals surface area contributed by atoms with Gasteiger partial charge in [0.25, 0.3) is 5.89 Å². The van der Waals surface area contributed by atoms with E-state index < -0.39 is 5.97 Å². The van der Waals surface area contributed by atoms with Crippen molar-refractivity contribution in [1.29, 1.82) is 0 Å². The normalized spacial score (nSPS) is 10.7. The Labute approximate surface area is 153 Å². The van der Waals surface area contributed by atoms with Gasteiger partial charge in [-0.25, -0.2) is 9.18 Å². The molecule has 0 unspecified atom stereocenters. The maximum Gasteiger partial charge on any atom is 0.335 e. The lowest BCUT2D eigenvalue weighted by Crippen LogP contribution is -1.94. The first-order chi connectivity index (χ1) is 13.1. The Bertz CT molecular complexity index is 1090. The first kappa shape index (κ1) is 16.7. The summed E-state index contributed by atoms with van der Waals surface area (Å²) in [6.07, 6.45) is 0. The number of carbonyl (C=O) groups is 1. The molecule has 0 aliphatic heterocycles. The van der Waals surface area contributed by atoms with Gasteiger partial charge in [0.15, 0.2) is 0 Å². The highest BCUT2D eigenvalue weighted by Gasteiger charge is 2.11. The van der Waals surface area contributed by atoms with E-state index in [2.05, 4.69) is 10.1 Å². The second-order valence-electron chi connectivity index (χ2n) is 5.89. The standard InChI is InChI=1S/C21H13FN2O3/c22-18-11-9-16(10-12-18)20-23-19(24-27-20)15-5-1-13(2-6-15)14-3-7-17(8-4-14)21(25)26/h1-12H,(H,25,26). The molecular formula is C21H13FN2O3. The van der Waals surface area contributed by atoms with E-state index in [0.29, 0.717) is 17.3 Å². The van der Waals surface area contributed by atoms with Gasteiger partial charge in [-0.05, 0) is 47.5 Å². The van der Waals surface area contributed by atoms with Crippen LogP contribution in [0.5, 0.6) is 0 Å². The van der Waals surface area contributed by atoms with Crippen LogP contribution >= 0.6 is 0 Å². The van der Waals surface area contributed by atoms with Crippen molar-refractivity contribution in [2.75, 3.05) is 0 Å². The number of halogens is 1. The number of hydrogen-bond donors (Lipinski definition) is 1. The van der Waals surface area contributed by atoms with Crippen LogP contribution < -0.4 is 0 Å². The molecule has 6 heteroatoms. The monoisotopic (exact) mass is 360 g/mol. The molecule has 27 heavy (non-hydrogen) atoms. The van der Waals surface area contributed by atoms with Gasteiger partial charge in [0.1, 0.15) is 5.82 Å². The number of aromatic nitrogens is 2. The zero-order valence-electron chi connectivity index (χ0n) is 14.0. The van der Waals surface area contributed by atoms with Crippen molar-refractivity contribution in [3.05, 3.63) is 84.2 Å². The van der Waals surface area contributed by atoms with Gasteiger partial charge < -0.3 is 9.63 Å². The summed E-state index contributed by atoms with van der Waals surface area (Å²) in [5.74, 6) is -0.531. The van der Waals surface area contributed by atoms with Crippen molar-refractivity contribution in [3.8, 4) is 34.0 Å². The van der Waals surface area contributed by atoms with E-state index in [9.17, 15) is 9.18 Å². The number of hydrogen-bond acceptors (Lipinski definition) is 4. The van der Waals surface area contributed by atoms with E-state index in [1.807, 2.05) is 24.3 Å². The average molecular weight is 360 g/mol. The molecule has 1 N–H and O–H groups in total. The molecule has 0 aliphatic rings. The lowest BCUT2D eigenvalue weighted by Gasteiger charge is -2.03. The van der Waals surface area contributed by atoms with Crippen molar-refractivity contribution in [2.24, 2.45) is 0 Å². The highest BCUT2D eigenvalue weighted by molar-refractivity contribution is 5.88. The SMILES string of the molecule is O=C(O)c1ccc(-c2ccc(-c3noc(-c4ccc(F)cc4)n3)cc2)cc1. The molecule has 0 saturated carbocycles. The van der Waals surface area contributed by atoms with Crippen LogP contribution in [0, 0.1) is 5.82 Å². The van der Waals surface area contributed by atoms with E-state index in [1.165, 1.54) is 12.1 Å². The van der Waals surface area contributed by atoms with Gasteiger partial charge in [-0.3, -0.25) is 0 Å². The van der Waals surface area contributed by atoms with Crippen molar-refractivity contribution in [1.82, 2.24) is 10.1 Å². The van der Waals surface area contributed by atoms with E-state index >= 15 is 0 Å². The third kappa shape index (κ3) is 3.46. The molecule has 0 amide bonds. The van der Waals surface area contributed by atoms with Gasteiger partial charge in [0.2, 0.25) is 5.82 Å². The summed E-state index contributed by atoms with van der Waals surface area (Å²) in [4.78, 5) is 15.3. The zero-order valence-corrected chi connectivity index (χ0v) is 14.0. The number of benzene rings is 3. The zero-order chi connectivity index (χ0) is 18.8. The molecule has 0 bridgehead atoms. The largest absolute Gasteiger partial charge is 0.478 e. The van der Waals surface area contributed by atoms with E-state index in [-0.39, 0.29) is 11.4 Å². The quantitative estimate of drug-likeness (QED) is 0.560. The third-order valence-corrected chi connectivity index (χ3v) is 4.13. The Morgan fingerprint density at radius 1 is 0.778 bits per heavy atom. The highest BCUT2D eigenvalue weighted by atomic mass is 19.1. The fraction of sp³-hybridized carbons (Fsp3) is 0. The maximum absolute atomic E-state index is 13.0. The lowest BCUT2D eigenvalue weighted by atomic mass is 10.0. The fourth-order valence-corrected chi connectivity index (χ4v) is 2.67. The Kier molecular flexibility index (Phi) is 4.22. The number of carboxylic acids is 1. The average Bonchev–Trinajstić information content (AvgIpc) is 3.19. The Balaban J connectivity index is 1.57. The summed E-state index contributed by atoms with van der Waals surface area (Å²) in [6.45, 7) is 0. The number of aromatic carboxylic acids is 1. The second kappa shape index (κ2) is 6.84. The first-order valence-corrected chi connectivity index (χ1v) is 8.14. The van der Waals surface area contributed by atoms with Crippen molar-refractivity contribution in [2.45, 2.75) is 0 Å². The molecule has 0 fully saturated rings. The summed E-state index contributed by atoms with van der Waals surface area (Å²) in [5, 5.41) is 12.9. The highest BCUT2D eigenvalue weighted by Crippen LogP contribution is 2.26. The summed E-state index contributed by atoms with van der Waals surface area (Å²) in [5.41, 5.74) is 3.52. The summed E-state index contributed by atoms with van der Waals surface area (Å²) in [6, 6.07) is 20.0. The van der Waals surface area contributed by atoms with Crippen molar-refractivity contribution < 1.29 is 18.8 Å². The van der Waals surface area contributed by atoms with Crippen molar-refractivity contribution >= 4 is 5.97 Å². The molecule has 132 valence electrons. The van der Waals surface area contributed by atoms with Crippen LogP contribution in [0.4, 0.5) is 4.39 Å². The molecule has 0 radical (unpaired) electrons. The summed E-state index contributed by atoms with van der Waals surface area (Å²) in [7, 11) is 0. The van der Waals surface area contributed by atoms with Crippen LogP contribution in [0.1, 0.15) is 10.4 Å². The molecule has 5 nitrogen and oxygen atoms in total. The Morgan fingerprint density at radius 2 is 1.30 bits per heavy atom. The predicted molar refractivity (Wildman–Crippen MR) is 97.5 cm³/mol. The lowest BCUT2D eigenvalue weighted by molar-refractivity contribution is 0.0697. The maximum atomic E-state index is 13.0. The summed E-state index contributed by atoms with van der Waals surface area (Å²) < 4.78 is 18.3. The number of carboxylic acid groups (broad SMARTS) is 1. The molecule has 1 heterocycles. The molecule has 0 atom stereocenters. The minimum Gasteiger partial charge on any atom is -0.478 e. The van der Waals surface area contributed by atoms with Gasteiger partial charge >= 0.3 is 5.97 Å². The van der Waals surface area contributed by atoms with E-state index in [1.54, 1.807) is 36.4 Å².